The van der Waals surface area contributed by atoms with Gasteiger partial charge in [0.2, 0.25) is 5.91 Å². The number of nitrogens with zero attached hydrogens (tertiary/aromatic N) is 1. The average molecular weight is 313 g/mol. The smallest absolute Gasteiger partial charge is 0.338 e. The molecule has 0 radical (unpaired) electrons. The number of carbonyl (C=O) groups is 2. The normalized spacial score (nSPS) is 10.0. The predicted octanol–water partition coefficient (Wildman–Crippen LogP) is 3.56. The van der Waals surface area contributed by atoms with Crippen molar-refractivity contribution in [2.24, 2.45) is 0 Å². The second-order valence-corrected chi connectivity index (χ2v) is 4.82. The Morgan fingerprint density at radius 2 is 1.48 bits per heavy atom. The van der Waals surface area contributed by atoms with Gasteiger partial charge in [-0.3, -0.25) is 9.69 Å². The lowest BCUT2D eigenvalue weighted by atomic mass is 10.1. The molecule has 23 heavy (non-hydrogen) atoms. The van der Waals surface area contributed by atoms with Gasteiger partial charge in [0.15, 0.2) is 0 Å². The molecule has 2 aromatic rings. The molecule has 0 aliphatic carbocycles. The van der Waals surface area contributed by atoms with Gasteiger partial charge >= 0.3 is 5.97 Å². The lowest BCUT2D eigenvalue weighted by Crippen LogP contribution is -2.22. The fourth-order valence-electron chi connectivity index (χ4n) is 2.20. The maximum absolute atomic E-state index is 12.0. The number of ether oxygens (including phenoxy) is 2. The molecule has 0 saturated carbocycles. The third-order valence-electron chi connectivity index (χ3n) is 3.28. The molecular formula is C18H19NO4. The highest BCUT2D eigenvalue weighted by atomic mass is 16.5. The summed E-state index contributed by atoms with van der Waals surface area (Å²) in [6, 6.07) is 13.9. The Morgan fingerprint density at radius 1 is 0.957 bits per heavy atom. The largest absolute Gasteiger partial charge is 0.497 e. The average Bonchev–Trinajstić information content (AvgIpc) is 2.56. The molecule has 0 N–H and O–H groups in total. The summed E-state index contributed by atoms with van der Waals surface area (Å²) in [6.07, 6.45) is 0. The first kappa shape index (κ1) is 16.5. The van der Waals surface area contributed by atoms with E-state index in [0.29, 0.717) is 17.9 Å². The first-order valence-electron chi connectivity index (χ1n) is 7.28. The van der Waals surface area contributed by atoms with Crippen LogP contribution < -0.4 is 9.64 Å². The van der Waals surface area contributed by atoms with E-state index in [9.17, 15) is 9.59 Å². The van der Waals surface area contributed by atoms with Crippen molar-refractivity contribution < 1.29 is 19.1 Å². The Bertz CT molecular complexity index is 677. The maximum Gasteiger partial charge on any atom is 0.338 e. The van der Waals surface area contributed by atoms with Gasteiger partial charge in [0.1, 0.15) is 5.75 Å². The van der Waals surface area contributed by atoms with E-state index in [-0.39, 0.29) is 11.9 Å². The number of anilines is 2. The number of amides is 1. The summed E-state index contributed by atoms with van der Waals surface area (Å²) < 4.78 is 10.1. The van der Waals surface area contributed by atoms with Crippen molar-refractivity contribution in [2.45, 2.75) is 13.8 Å². The highest BCUT2D eigenvalue weighted by Crippen LogP contribution is 2.27. The molecule has 0 heterocycles. The molecule has 1 amide bonds. The zero-order valence-corrected chi connectivity index (χ0v) is 13.4. The van der Waals surface area contributed by atoms with E-state index in [0.717, 1.165) is 11.4 Å². The van der Waals surface area contributed by atoms with Crippen molar-refractivity contribution in [3.8, 4) is 5.75 Å². The lowest BCUT2D eigenvalue weighted by Gasteiger charge is -2.21. The minimum absolute atomic E-state index is 0.126. The molecule has 0 saturated heterocycles. The number of hydrogen-bond donors (Lipinski definition) is 0. The minimum Gasteiger partial charge on any atom is -0.497 e. The van der Waals surface area contributed by atoms with Gasteiger partial charge < -0.3 is 9.47 Å². The lowest BCUT2D eigenvalue weighted by molar-refractivity contribution is -0.115. The fraction of sp³-hybridized carbons (Fsp3) is 0.222. The standard InChI is InChI=1S/C18H19NO4/c1-4-23-18(21)14-5-7-15(8-6-14)19(13(2)20)16-9-11-17(22-3)12-10-16/h5-12H,4H2,1-3H3. The number of benzene rings is 2. The fourth-order valence-corrected chi connectivity index (χ4v) is 2.20. The number of carbonyl (C=O) groups excluding carboxylic acids is 2. The highest BCUT2D eigenvalue weighted by Gasteiger charge is 2.15. The summed E-state index contributed by atoms with van der Waals surface area (Å²) in [5, 5.41) is 0. The van der Waals surface area contributed by atoms with Gasteiger partial charge in [-0.1, -0.05) is 0 Å². The third kappa shape index (κ3) is 3.88. The number of methoxy groups -OCH3 is 1. The van der Waals surface area contributed by atoms with E-state index < -0.39 is 0 Å². The first-order valence-corrected chi connectivity index (χ1v) is 7.28. The van der Waals surface area contributed by atoms with E-state index in [1.807, 2.05) is 0 Å². The zero-order valence-electron chi connectivity index (χ0n) is 13.4. The van der Waals surface area contributed by atoms with Crippen LogP contribution in [0.4, 0.5) is 11.4 Å². The van der Waals surface area contributed by atoms with Gasteiger partial charge in [0.25, 0.3) is 0 Å². The SMILES string of the molecule is CCOC(=O)c1ccc(N(C(C)=O)c2ccc(OC)cc2)cc1. The van der Waals surface area contributed by atoms with Gasteiger partial charge in [-0.15, -0.1) is 0 Å². The second kappa shape index (κ2) is 7.45. The molecular weight excluding hydrogens is 294 g/mol. The molecule has 0 aromatic heterocycles. The van der Waals surface area contributed by atoms with Crippen LogP contribution in [-0.4, -0.2) is 25.6 Å². The predicted molar refractivity (Wildman–Crippen MR) is 88.2 cm³/mol. The van der Waals surface area contributed by atoms with Crippen molar-refractivity contribution >= 4 is 23.3 Å². The number of hydrogen-bond acceptors (Lipinski definition) is 4. The quantitative estimate of drug-likeness (QED) is 0.792. The van der Waals surface area contributed by atoms with E-state index in [2.05, 4.69) is 0 Å². The van der Waals surface area contributed by atoms with Crippen LogP contribution in [0, 0.1) is 0 Å². The molecule has 2 rings (SSSR count). The van der Waals surface area contributed by atoms with Crippen LogP contribution in [0.1, 0.15) is 24.2 Å². The molecule has 120 valence electrons. The van der Waals surface area contributed by atoms with Crippen LogP contribution in [0.25, 0.3) is 0 Å². The minimum atomic E-state index is -0.377. The zero-order chi connectivity index (χ0) is 16.8. The molecule has 0 fully saturated rings. The molecule has 0 atom stereocenters. The Labute approximate surface area is 135 Å². The van der Waals surface area contributed by atoms with E-state index in [4.69, 9.17) is 9.47 Å². The van der Waals surface area contributed by atoms with Crippen molar-refractivity contribution in [1.82, 2.24) is 0 Å². The van der Waals surface area contributed by atoms with Gasteiger partial charge in [-0.2, -0.15) is 0 Å². The van der Waals surface area contributed by atoms with Crippen LogP contribution in [0.15, 0.2) is 48.5 Å². The van der Waals surface area contributed by atoms with E-state index in [1.165, 1.54) is 6.92 Å². The number of esters is 1. The molecule has 0 spiro atoms. The van der Waals surface area contributed by atoms with Gasteiger partial charge in [-0.05, 0) is 55.5 Å². The van der Waals surface area contributed by atoms with Crippen LogP contribution >= 0.6 is 0 Å². The topological polar surface area (TPSA) is 55.8 Å². The Morgan fingerprint density at radius 3 is 1.91 bits per heavy atom. The molecule has 5 heteroatoms. The molecule has 5 nitrogen and oxygen atoms in total. The summed E-state index contributed by atoms with van der Waals surface area (Å²) in [6.45, 7) is 3.57. The van der Waals surface area contributed by atoms with Crippen molar-refractivity contribution in [3.05, 3.63) is 54.1 Å². The van der Waals surface area contributed by atoms with Crippen molar-refractivity contribution in [2.75, 3.05) is 18.6 Å². The molecule has 2 aromatic carbocycles. The van der Waals surface area contributed by atoms with Crippen LogP contribution in [0.3, 0.4) is 0 Å². The van der Waals surface area contributed by atoms with E-state index in [1.54, 1.807) is 67.5 Å². The molecule has 0 aliphatic heterocycles. The summed E-state index contributed by atoms with van der Waals surface area (Å²) in [5.41, 5.74) is 1.85. The Hall–Kier alpha value is -2.82. The Kier molecular flexibility index (Phi) is 5.36. The first-order chi connectivity index (χ1) is 11.1. The van der Waals surface area contributed by atoms with E-state index >= 15 is 0 Å². The summed E-state index contributed by atoms with van der Waals surface area (Å²) in [5.74, 6) is 0.215. The molecule has 0 bridgehead atoms. The van der Waals surface area contributed by atoms with Crippen molar-refractivity contribution in [3.63, 3.8) is 0 Å². The van der Waals surface area contributed by atoms with Gasteiger partial charge in [-0.25, -0.2) is 4.79 Å². The third-order valence-corrected chi connectivity index (χ3v) is 3.28. The van der Waals surface area contributed by atoms with Crippen LogP contribution in [-0.2, 0) is 9.53 Å². The second-order valence-electron chi connectivity index (χ2n) is 4.82. The van der Waals surface area contributed by atoms with Crippen molar-refractivity contribution in [1.29, 1.82) is 0 Å². The van der Waals surface area contributed by atoms with Crippen LogP contribution in [0.2, 0.25) is 0 Å². The van der Waals surface area contributed by atoms with Gasteiger partial charge in [0.05, 0.1) is 19.3 Å². The molecule has 0 aliphatic rings. The number of rotatable bonds is 5. The summed E-state index contributed by atoms with van der Waals surface area (Å²) in [4.78, 5) is 25.3. The summed E-state index contributed by atoms with van der Waals surface area (Å²) >= 11 is 0. The van der Waals surface area contributed by atoms with Gasteiger partial charge in [0, 0.05) is 18.3 Å². The van der Waals surface area contributed by atoms with Crippen LogP contribution in [0.5, 0.6) is 5.75 Å². The monoisotopic (exact) mass is 313 g/mol. The molecule has 0 unspecified atom stereocenters. The maximum atomic E-state index is 12.0. The summed E-state index contributed by atoms with van der Waals surface area (Å²) in [7, 11) is 1.59. The highest BCUT2D eigenvalue weighted by molar-refractivity contribution is 5.99. The Balaban J connectivity index is 2.30.